The lowest BCUT2D eigenvalue weighted by Crippen LogP contribution is -2.85. The number of nitrogens with one attached hydrogen (secondary N) is 3. The van der Waals surface area contributed by atoms with Gasteiger partial charge in [-0.05, 0) is 49.4 Å². The summed E-state index contributed by atoms with van der Waals surface area (Å²) in [6.07, 6.45) is 0.630. The fourth-order valence-electron chi connectivity index (χ4n) is 3.42. The fourth-order valence-corrected chi connectivity index (χ4v) is 3.42. The minimum atomic E-state index is -0.217. The van der Waals surface area contributed by atoms with Crippen molar-refractivity contribution in [1.29, 1.82) is 0 Å². The van der Waals surface area contributed by atoms with Crippen LogP contribution >= 0.6 is 0 Å². The van der Waals surface area contributed by atoms with Crippen LogP contribution in [0.15, 0.2) is 53.3 Å². The molecule has 0 aliphatic carbocycles. The number of quaternary nitrogens is 1. The maximum absolute atomic E-state index is 12.2. The van der Waals surface area contributed by atoms with Crippen LogP contribution in [0.5, 0.6) is 0 Å². The molecule has 10 nitrogen and oxygen atoms in total. The Labute approximate surface area is 195 Å². The van der Waals surface area contributed by atoms with E-state index in [0.29, 0.717) is 48.7 Å². The average molecular weight is 461 g/mol. The van der Waals surface area contributed by atoms with E-state index in [2.05, 4.69) is 30.6 Å². The molecule has 0 aromatic carbocycles. The zero-order valence-electron chi connectivity index (χ0n) is 18.8. The van der Waals surface area contributed by atoms with Gasteiger partial charge in [0.05, 0.1) is 38.2 Å². The van der Waals surface area contributed by atoms with Crippen LogP contribution in [0.4, 0.5) is 5.82 Å². The lowest BCUT2D eigenvalue weighted by Gasteiger charge is -2.07. The van der Waals surface area contributed by atoms with Gasteiger partial charge in [0.2, 0.25) is 17.4 Å². The first-order chi connectivity index (χ1) is 16.5. The second-order valence-electron chi connectivity index (χ2n) is 7.95. The molecule has 4 aromatic rings. The summed E-state index contributed by atoms with van der Waals surface area (Å²) in [4.78, 5) is 51.5. The van der Waals surface area contributed by atoms with E-state index in [0.717, 1.165) is 16.5 Å². The van der Waals surface area contributed by atoms with E-state index in [1.54, 1.807) is 12.1 Å². The van der Waals surface area contributed by atoms with Gasteiger partial charge in [0.25, 0.3) is 0 Å². The summed E-state index contributed by atoms with van der Waals surface area (Å²) in [5.41, 5.74) is 2.41. The highest BCUT2D eigenvalue weighted by atomic mass is 16.2. The van der Waals surface area contributed by atoms with Gasteiger partial charge < -0.3 is 20.9 Å². The molecule has 0 aliphatic rings. The van der Waals surface area contributed by atoms with Crippen LogP contribution in [-0.4, -0.2) is 44.8 Å². The van der Waals surface area contributed by atoms with Gasteiger partial charge in [0.1, 0.15) is 11.5 Å². The number of aromatic nitrogens is 4. The molecule has 4 aromatic heterocycles. The molecule has 0 saturated carbocycles. The number of fused-ring (bicyclic) bond motifs is 2. The third-order valence-corrected chi connectivity index (χ3v) is 5.22. The van der Waals surface area contributed by atoms with Gasteiger partial charge in [-0.2, -0.15) is 0 Å². The van der Waals surface area contributed by atoms with E-state index in [1.807, 2.05) is 42.6 Å². The highest BCUT2D eigenvalue weighted by Gasteiger charge is 2.08. The van der Waals surface area contributed by atoms with Crippen molar-refractivity contribution in [2.24, 2.45) is 0 Å². The quantitative estimate of drug-likeness (QED) is 0.271. The standard InChI is InChI=1S/C24H25N7O3/c1-15-2-3-16-5-8-19(30-23(16)27-15)29-22(34)11-13-25-12-10-20(32)26-14-18-7-4-17-6-9-21(33)31-24(17)28-18/h2-9,25H,10-14H2,1H3,(H,26,32)(H,28,31,33)(H,27,29,30,34)/p+1. The van der Waals surface area contributed by atoms with Crippen molar-refractivity contribution in [2.45, 2.75) is 26.3 Å². The molecule has 0 atom stereocenters. The lowest BCUT2D eigenvalue weighted by atomic mass is 10.2. The van der Waals surface area contributed by atoms with Crippen molar-refractivity contribution in [3.8, 4) is 0 Å². The molecule has 5 N–H and O–H groups in total. The Hall–Kier alpha value is -4.18. The lowest BCUT2D eigenvalue weighted by molar-refractivity contribution is -0.652. The third kappa shape index (κ3) is 6.20. The second-order valence-corrected chi connectivity index (χ2v) is 7.95. The van der Waals surface area contributed by atoms with E-state index in [1.165, 1.54) is 6.07 Å². The van der Waals surface area contributed by atoms with Crippen LogP contribution in [0.1, 0.15) is 24.2 Å². The van der Waals surface area contributed by atoms with Crippen molar-refractivity contribution in [2.75, 3.05) is 18.4 Å². The number of anilines is 1. The summed E-state index contributed by atoms with van der Waals surface area (Å²) in [5.74, 6) is 0.231. The summed E-state index contributed by atoms with van der Waals surface area (Å²) >= 11 is 0. The molecule has 0 radical (unpaired) electrons. The third-order valence-electron chi connectivity index (χ3n) is 5.22. The van der Waals surface area contributed by atoms with Crippen molar-refractivity contribution in [3.05, 3.63) is 70.3 Å². The number of aromatic amines is 1. The molecule has 0 spiro atoms. The molecule has 0 fully saturated rings. The fraction of sp³-hybridized carbons (Fsp3) is 0.250. The normalized spacial score (nSPS) is 11.0. The van der Waals surface area contributed by atoms with Crippen LogP contribution in [0.2, 0.25) is 0 Å². The van der Waals surface area contributed by atoms with Gasteiger partial charge >= 0.3 is 0 Å². The highest BCUT2D eigenvalue weighted by molar-refractivity contribution is 5.91. The maximum atomic E-state index is 12.2. The van der Waals surface area contributed by atoms with Crippen molar-refractivity contribution >= 4 is 39.7 Å². The van der Waals surface area contributed by atoms with Gasteiger partial charge in [-0.3, -0.25) is 14.4 Å². The van der Waals surface area contributed by atoms with Gasteiger partial charge in [0, 0.05) is 22.5 Å². The Morgan fingerprint density at radius 3 is 2.47 bits per heavy atom. The smallest absolute Gasteiger partial charge is 0.249 e. The van der Waals surface area contributed by atoms with Crippen molar-refractivity contribution in [1.82, 2.24) is 25.3 Å². The highest BCUT2D eigenvalue weighted by Crippen LogP contribution is 2.14. The number of pyridine rings is 4. The number of rotatable bonds is 9. The predicted octanol–water partition coefficient (Wildman–Crippen LogP) is 0.773. The zero-order chi connectivity index (χ0) is 23.9. The first kappa shape index (κ1) is 23.0. The van der Waals surface area contributed by atoms with E-state index in [9.17, 15) is 14.4 Å². The molecule has 4 heterocycles. The number of hydrogen-bond acceptors (Lipinski definition) is 6. The van der Waals surface area contributed by atoms with Crippen molar-refractivity contribution < 1.29 is 14.9 Å². The number of aryl methyl sites for hydroxylation is 1. The SMILES string of the molecule is Cc1ccc2ccc(NC(=O)CC[NH2+]CCC(=O)NCc3ccc4ccc(=O)[nH]c4n3)nc2n1. The monoisotopic (exact) mass is 460 g/mol. The molecule has 174 valence electrons. The minimum absolute atomic E-state index is 0.104. The molecular weight excluding hydrogens is 434 g/mol. The predicted molar refractivity (Wildman–Crippen MR) is 128 cm³/mol. The summed E-state index contributed by atoms with van der Waals surface area (Å²) in [7, 11) is 0. The van der Waals surface area contributed by atoms with Crippen LogP contribution < -0.4 is 21.5 Å². The Bertz CT molecular complexity index is 1400. The molecule has 10 heteroatoms. The van der Waals surface area contributed by atoms with Crippen LogP contribution in [0.25, 0.3) is 22.1 Å². The molecule has 0 aliphatic heterocycles. The summed E-state index contributed by atoms with van der Waals surface area (Å²) < 4.78 is 0. The number of hydrogen-bond donors (Lipinski definition) is 4. The average Bonchev–Trinajstić information content (AvgIpc) is 2.82. The maximum Gasteiger partial charge on any atom is 0.249 e. The van der Waals surface area contributed by atoms with Crippen LogP contribution in [0, 0.1) is 6.92 Å². The first-order valence-corrected chi connectivity index (χ1v) is 11.1. The number of amides is 2. The van der Waals surface area contributed by atoms with E-state index < -0.39 is 0 Å². The topological polar surface area (TPSA) is 146 Å². The summed E-state index contributed by atoms with van der Waals surface area (Å²) in [5, 5.41) is 9.29. The molecule has 0 bridgehead atoms. The van der Waals surface area contributed by atoms with Gasteiger partial charge in [-0.15, -0.1) is 0 Å². The number of carbonyl (C=O) groups excluding carboxylic acids is 2. The van der Waals surface area contributed by atoms with Gasteiger partial charge in [-0.25, -0.2) is 15.0 Å². The summed E-state index contributed by atoms with van der Waals surface area (Å²) in [6, 6.07) is 14.3. The number of H-pyrrole nitrogens is 1. The Kier molecular flexibility index (Phi) is 7.19. The van der Waals surface area contributed by atoms with Crippen LogP contribution in [-0.2, 0) is 16.1 Å². The molecule has 4 rings (SSSR count). The largest absolute Gasteiger partial charge is 0.350 e. The van der Waals surface area contributed by atoms with Gasteiger partial charge in [-0.1, -0.05) is 0 Å². The molecular formula is C24H26N7O3+. The number of nitrogens with zero attached hydrogens (tertiary/aromatic N) is 3. The molecule has 2 amide bonds. The second kappa shape index (κ2) is 10.6. The van der Waals surface area contributed by atoms with E-state index >= 15 is 0 Å². The Morgan fingerprint density at radius 1 is 0.882 bits per heavy atom. The Morgan fingerprint density at radius 2 is 1.62 bits per heavy atom. The molecule has 0 saturated heterocycles. The first-order valence-electron chi connectivity index (χ1n) is 11.1. The molecule has 34 heavy (non-hydrogen) atoms. The van der Waals surface area contributed by atoms with E-state index in [-0.39, 0.29) is 23.9 Å². The van der Waals surface area contributed by atoms with Gasteiger partial charge in [0.15, 0.2) is 5.65 Å². The van der Waals surface area contributed by atoms with Crippen LogP contribution in [0.3, 0.4) is 0 Å². The number of carbonyl (C=O) groups is 2. The molecule has 0 unspecified atom stereocenters. The Balaban J connectivity index is 1.14. The summed E-state index contributed by atoms with van der Waals surface area (Å²) in [6.45, 7) is 3.30. The van der Waals surface area contributed by atoms with Crippen molar-refractivity contribution in [3.63, 3.8) is 0 Å². The zero-order valence-corrected chi connectivity index (χ0v) is 18.8. The minimum Gasteiger partial charge on any atom is -0.350 e. The number of nitrogens with two attached hydrogens (primary N) is 1. The van der Waals surface area contributed by atoms with E-state index in [4.69, 9.17) is 0 Å².